The van der Waals surface area contributed by atoms with Crippen LogP contribution in [0.2, 0.25) is 5.02 Å². The van der Waals surface area contributed by atoms with E-state index in [0.29, 0.717) is 22.8 Å². The van der Waals surface area contributed by atoms with Crippen LogP contribution in [0.3, 0.4) is 0 Å². The molecule has 0 bridgehead atoms. The van der Waals surface area contributed by atoms with E-state index in [-0.39, 0.29) is 5.56 Å². The fourth-order valence-electron chi connectivity index (χ4n) is 1.75. The third-order valence-electron chi connectivity index (χ3n) is 2.65. The van der Waals surface area contributed by atoms with Gasteiger partial charge in [0.1, 0.15) is 0 Å². The molecule has 1 heterocycles. The number of nitrogens with two attached hydrogens (primary N) is 1. The van der Waals surface area contributed by atoms with Crippen LogP contribution in [-0.4, -0.2) is 4.57 Å². The van der Waals surface area contributed by atoms with E-state index in [2.05, 4.69) is 15.9 Å². The van der Waals surface area contributed by atoms with Crippen molar-refractivity contribution in [2.75, 3.05) is 5.73 Å². The summed E-state index contributed by atoms with van der Waals surface area (Å²) in [6.07, 6.45) is 1.76. The van der Waals surface area contributed by atoms with Gasteiger partial charge in [-0.1, -0.05) is 17.7 Å². The molecule has 0 amide bonds. The molecule has 0 atom stereocenters. The largest absolute Gasteiger partial charge is 0.398 e. The van der Waals surface area contributed by atoms with Crippen LogP contribution in [0, 0.1) is 6.92 Å². The van der Waals surface area contributed by atoms with E-state index < -0.39 is 0 Å². The second kappa shape index (κ2) is 5.16. The first-order valence-corrected chi connectivity index (χ1v) is 6.55. The van der Waals surface area contributed by atoms with Gasteiger partial charge in [-0.3, -0.25) is 4.79 Å². The van der Waals surface area contributed by atoms with Gasteiger partial charge >= 0.3 is 0 Å². The van der Waals surface area contributed by atoms with E-state index >= 15 is 0 Å². The van der Waals surface area contributed by atoms with Crippen LogP contribution in [0.25, 0.3) is 0 Å². The summed E-state index contributed by atoms with van der Waals surface area (Å²) in [5.74, 6) is 0. The molecule has 94 valence electrons. The van der Waals surface area contributed by atoms with Crippen LogP contribution in [0.15, 0.2) is 39.7 Å². The van der Waals surface area contributed by atoms with E-state index in [1.54, 1.807) is 35.9 Å². The molecule has 5 heteroatoms. The van der Waals surface area contributed by atoms with Crippen molar-refractivity contribution in [2.45, 2.75) is 13.5 Å². The highest BCUT2D eigenvalue weighted by atomic mass is 79.9. The molecule has 2 rings (SSSR count). The second-order valence-corrected chi connectivity index (χ2v) is 5.45. The first-order chi connectivity index (χ1) is 8.47. The summed E-state index contributed by atoms with van der Waals surface area (Å²) in [5.41, 5.74) is 7.90. The summed E-state index contributed by atoms with van der Waals surface area (Å²) < 4.78 is 2.52. The van der Waals surface area contributed by atoms with Crippen LogP contribution in [0.4, 0.5) is 5.69 Å². The fraction of sp³-hybridized carbons (Fsp3) is 0.154. The Kier molecular flexibility index (Phi) is 3.78. The van der Waals surface area contributed by atoms with Gasteiger partial charge in [-0.2, -0.15) is 0 Å². The van der Waals surface area contributed by atoms with Gasteiger partial charge in [-0.05, 0) is 46.6 Å². The lowest BCUT2D eigenvalue weighted by Crippen LogP contribution is -2.22. The molecule has 0 aliphatic heterocycles. The lowest BCUT2D eigenvalue weighted by Gasteiger charge is -2.09. The van der Waals surface area contributed by atoms with Crippen LogP contribution in [-0.2, 0) is 6.54 Å². The number of nitrogen functional groups attached to an aromatic ring is 1. The van der Waals surface area contributed by atoms with Crippen molar-refractivity contribution in [2.24, 2.45) is 0 Å². The Bertz CT molecular complexity index is 652. The smallest absolute Gasteiger partial charge is 0.253 e. The van der Waals surface area contributed by atoms with E-state index in [4.69, 9.17) is 17.3 Å². The normalized spacial score (nSPS) is 10.6. The highest BCUT2D eigenvalue weighted by Crippen LogP contribution is 2.20. The van der Waals surface area contributed by atoms with Crippen molar-refractivity contribution in [3.8, 4) is 0 Å². The summed E-state index contributed by atoms with van der Waals surface area (Å²) in [5, 5.41) is 0.525. The predicted octanol–water partition coefficient (Wildman–Crippen LogP) is 3.20. The quantitative estimate of drug-likeness (QED) is 0.861. The number of pyridine rings is 1. The molecule has 0 saturated carbocycles. The number of anilines is 1. The Labute approximate surface area is 118 Å². The van der Waals surface area contributed by atoms with Gasteiger partial charge in [0.15, 0.2) is 0 Å². The van der Waals surface area contributed by atoms with Crippen molar-refractivity contribution < 1.29 is 0 Å². The third kappa shape index (κ3) is 2.76. The molecular formula is C13H12BrClN2O. The summed E-state index contributed by atoms with van der Waals surface area (Å²) in [6, 6.07) is 7.18. The van der Waals surface area contributed by atoms with Crippen LogP contribution >= 0.6 is 27.5 Å². The van der Waals surface area contributed by atoms with Crippen LogP contribution in [0.1, 0.15) is 11.1 Å². The van der Waals surface area contributed by atoms with Crippen molar-refractivity contribution in [3.05, 3.63) is 61.4 Å². The zero-order valence-electron chi connectivity index (χ0n) is 9.78. The number of benzene rings is 1. The molecule has 0 saturated heterocycles. The number of rotatable bonds is 2. The molecule has 0 aliphatic rings. The SMILES string of the molecule is Cc1cc(Br)cn(Cc2ccc(Cl)c(N)c2)c1=O. The lowest BCUT2D eigenvalue weighted by atomic mass is 10.2. The molecule has 1 aromatic heterocycles. The van der Waals surface area contributed by atoms with Gasteiger partial charge in [0.25, 0.3) is 5.56 Å². The molecule has 18 heavy (non-hydrogen) atoms. The van der Waals surface area contributed by atoms with Gasteiger partial charge in [0, 0.05) is 16.2 Å². The monoisotopic (exact) mass is 326 g/mol. The number of aromatic nitrogens is 1. The molecular weight excluding hydrogens is 316 g/mol. The zero-order chi connectivity index (χ0) is 13.3. The Hall–Kier alpha value is -1.26. The topological polar surface area (TPSA) is 48.0 Å². The number of aryl methyl sites for hydroxylation is 1. The number of halogens is 2. The first-order valence-electron chi connectivity index (χ1n) is 5.38. The minimum atomic E-state index is -0.00767. The third-order valence-corrected chi connectivity index (χ3v) is 3.42. The van der Waals surface area contributed by atoms with Gasteiger partial charge in [-0.15, -0.1) is 0 Å². The average Bonchev–Trinajstić information content (AvgIpc) is 2.30. The molecule has 0 unspecified atom stereocenters. The van der Waals surface area contributed by atoms with Crippen LogP contribution in [0.5, 0.6) is 0 Å². The highest BCUT2D eigenvalue weighted by molar-refractivity contribution is 9.10. The van der Waals surface area contributed by atoms with Crippen LogP contribution < -0.4 is 11.3 Å². The van der Waals surface area contributed by atoms with Gasteiger partial charge in [0.2, 0.25) is 0 Å². The summed E-state index contributed by atoms with van der Waals surface area (Å²) in [7, 11) is 0. The van der Waals surface area contributed by atoms with E-state index in [0.717, 1.165) is 10.0 Å². The number of nitrogens with zero attached hydrogens (tertiary/aromatic N) is 1. The molecule has 0 fully saturated rings. The Morgan fingerprint density at radius 1 is 1.39 bits per heavy atom. The van der Waals surface area contributed by atoms with Crippen molar-refractivity contribution in [1.82, 2.24) is 4.57 Å². The maximum Gasteiger partial charge on any atom is 0.253 e. The Balaban J connectivity index is 2.40. The summed E-state index contributed by atoms with van der Waals surface area (Å²) in [4.78, 5) is 12.0. The van der Waals surface area contributed by atoms with Gasteiger partial charge < -0.3 is 10.3 Å². The Morgan fingerprint density at radius 3 is 2.78 bits per heavy atom. The minimum Gasteiger partial charge on any atom is -0.398 e. The lowest BCUT2D eigenvalue weighted by molar-refractivity contribution is 0.749. The minimum absolute atomic E-state index is 0.00767. The fourth-order valence-corrected chi connectivity index (χ4v) is 2.45. The number of hydrogen-bond donors (Lipinski definition) is 1. The highest BCUT2D eigenvalue weighted by Gasteiger charge is 2.04. The predicted molar refractivity (Wildman–Crippen MR) is 78.1 cm³/mol. The molecule has 3 nitrogen and oxygen atoms in total. The number of hydrogen-bond acceptors (Lipinski definition) is 2. The maximum atomic E-state index is 12.0. The van der Waals surface area contributed by atoms with Gasteiger partial charge in [-0.25, -0.2) is 0 Å². The second-order valence-electron chi connectivity index (χ2n) is 4.13. The van der Waals surface area contributed by atoms with Crippen molar-refractivity contribution >= 4 is 33.2 Å². The molecule has 0 aliphatic carbocycles. The average molecular weight is 328 g/mol. The molecule has 1 aromatic carbocycles. The first kappa shape index (κ1) is 13.2. The van der Waals surface area contributed by atoms with E-state index in [1.807, 2.05) is 6.07 Å². The Morgan fingerprint density at radius 2 is 2.11 bits per heavy atom. The molecule has 2 N–H and O–H groups in total. The molecule has 0 spiro atoms. The summed E-state index contributed by atoms with van der Waals surface area (Å²) in [6.45, 7) is 2.26. The van der Waals surface area contributed by atoms with E-state index in [9.17, 15) is 4.79 Å². The standard InChI is InChI=1S/C13H12BrClN2O/c1-8-4-10(14)7-17(13(8)18)6-9-2-3-11(15)12(16)5-9/h2-5,7H,6,16H2,1H3. The van der Waals surface area contributed by atoms with Crippen molar-refractivity contribution in [1.29, 1.82) is 0 Å². The zero-order valence-corrected chi connectivity index (χ0v) is 12.1. The molecule has 0 radical (unpaired) electrons. The summed E-state index contributed by atoms with van der Waals surface area (Å²) >= 11 is 9.25. The van der Waals surface area contributed by atoms with Crippen molar-refractivity contribution in [3.63, 3.8) is 0 Å². The van der Waals surface area contributed by atoms with E-state index in [1.165, 1.54) is 0 Å². The maximum absolute atomic E-state index is 12.0. The van der Waals surface area contributed by atoms with Gasteiger partial charge in [0.05, 0.1) is 17.3 Å². The molecule has 2 aromatic rings.